The van der Waals surface area contributed by atoms with Crippen molar-refractivity contribution in [2.45, 2.75) is 221 Å². The zero-order valence-corrected chi connectivity index (χ0v) is 34.4. The van der Waals surface area contributed by atoms with Crippen LogP contribution in [-0.4, -0.2) is 61.4 Å². The standard InChI is InChI=1S/C44H87NO5/c1-6-9-12-13-14-16-21-33-42(47)49-39-28-20-15-18-24-35-45(37-26-27-38-46)36-25-19-17-23-34-44(4,5)43(48)50-40-29-22-32-41(30-10-7-2)31-11-8-3/h41,46H,6-40H2,1-5H3. The average molecular weight is 710 g/mol. The molecule has 0 saturated carbocycles. The van der Waals surface area contributed by atoms with E-state index >= 15 is 0 Å². The van der Waals surface area contributed by atoms with Crippen molar-refractivity contribution in [3.8, 4) is 0 Å². The van der Waals surface area contributed by atoms with Gasteiger partial charge < -0.3 is 19.5 Å². The predicted molar refractivity (Wildman–Crippen MR) is 214 cm³/mol. The Morgan fingerprint density at radius 1 is 0.540 bits per heavy atom. The fraction of sp³-hybridized carbons (Fsp3) is 0.955. The summed E-state index contributed by atoms with van der Waals surface area (Å²) in [5.41, 5.74) is -0.407. The quantitative estimate of drug-likeness (QED) is 0.0506. The van der Waals surface area contributed by atoms with E-state index in [4.69, 9.17) is 9.47 Å². The number of rotatable bonds is 39. The minimum atomic E-state index is -0.407. The molecule has 0 unspecified atom stereocenters. The summed E-state index contributed by atoms with van der Waals surface area (Å²) >= 11 is 0. The Balaban J connectivity index is 4.03. The van der Waals surface area contributed by atoms with Gasteiger partial charge in [0.25, 0.3) is 0 Å². The van der Waals surface area contributed by atoms with Crippen LogP contribution in [0.1, 0.15) is 221 Å². The van der Waals surface area contributed by atoms with Gasteiger partial charge in [0.2, 0.25) is 0 Å². The van der Waals surface area contributed by atoms with E-state index in [1.165, 1.54) is 116 Å². The number of carbonyl (C=O) groups excluding carboxylic acids is 2. The third-order valence-electron chi connectivity index (χ3n) is 10.5. The number of esters is 2. The van der Waals surface area contributed by atoms with Gasteiger partial charge in [-0.2, -0.15) is 0 Å². The van der Waals surface area contributed by atoms with Gasteiger partial charge in [-0.15, -0.1) is 0 Å². The number of hydrogen-bond acceptors (Lipinski definition) is 6. The Morgan fingerprint density at radius 2 is 1.00 bits per heavy atom. The van der Waals surface area contributed by atoms with E-state index in [-0.39, 0.29) is 18.5 Å². The van der Waals surface area contributed by atoms with Gasteiger partial charge in [-0.05, 0) is 97.2 Å². The highest BCUT2D eigenvalue weighted by atomic mass is 16.5. The van der Waals surface area contributed by atoms with Crippen LogP contribution in [0.3, 0.4) is 0 Å². The lowest BCUT2D eigenvalue weighted by Crippen LogP contribution is -2.28. The van der Waals surface area contributed by atoms with Crippen molar-refractivity contribution in [2.75, 3.05) is 39.5 Å². The van der Waals surface area contributed by atoms with Crippen molar-refractivity contribution in [1.29, 1.82) is 0 Å². The molecule has 298 valence electrons. The highest BCUT2D eigenvalue weighted by Gasteiger charge is 2.28. The van der Waals surface area contributed by atoms with E-state index in [1.54, 1.807) is 0 Å². The number of unbranched alkanes of at least 4 members (excludes halogenated alkanes) is 17. The zero-order chi connectivity index (χ0) is 37.0. The molecule has 0 amide bonds. The van der Waals surface area contributed by atoms with E-state index in [1.807, 2.05) is 13.8 Å². The van der Waals surface area contributed by atoms with Crippen LogP contribution in [0.2, 0.25) is 0 Å². The van der Waals surface area contributed by atoms with Crippen LogP contribution in [-0.2, 0) is 19.1 Å². The van der Waals surface area contributed by atoms with Crippen molar-refractivity contribution < 1.29 is 24.2 Å². The van der Waals surface area contributed by atoms with Crippen LogP contribution in [0, 0.1) is 11.3 Å². The molecule has 0 aromatic heterocycles. The predicted octanol–water partition coefficient (Wildman–Crippen LogP) is 12.4. The Kier molecular flexibility index (Phi) is 35.4. The highest BCUT2D eigenvalue weighted by molar-refractivity contribution is 5.75. The molecule has 6 nitrogen and oxygen atoms in total. The van der Waals surface area contributed by atoms with Crippen molar-refractivity contribution in [3.63, 3.8) is 0 Å². The van der Waals surface area contributed by atoms with E-state index in [9.17, 15) is 14.7 Å². The van der Waals surface area contributed by atoms with Crippen molar-refractivity contribution in [3.05, 3.63) is 0 Å². The molecule has 0 aliphatic carbocycles. The molecule has 0 rings (SSSR count). The highest BCUT2D eigenvalue weighted by Crippen LogP contribution is 2.27. The summed E-state index contributed by atoms with van der Waals surface area (Å²) < 4.78 is 11.2. The molecule has 0 aromatic carbocycles. The summed E-state index contributed by atoms with van der Waals surface area (Å²) in [4.78, 5) is 27.4. The summed E-state index contributed by atoms with van der Waals surface area (Å²) in [6, 6.07) is 0. The topological polar surface area (TPSA) is 76.1 Å². The summed E-state index contributed by atoms with van der Waals surface area (Å²) in [5, 5.41) is 9.26. The Morgan fingerprint density at radius 3 is 1.60 bits per heavy atom. The first-order valence-electron chi connectivity index (χ1n) is 22.0. The van der Waals surface area contributed by atoms with Crippen LogP contribution in [0.25, 0.3) is 0 Å². The van der Waals surface area contributed by atoms with Crippen LogP contribution in [0.5, 0.6) is 0 Å². The zero-order valence-electron chi connectivity index (χ0n) is 34.4. The molecule has 0 spiro atoms. The Labute approximate surface area is 312 Å². The van der Waals surface area contributed by atoms with Crippen molar-refractivity contribution in [2.24, 2.45) is 11.3 Å². The minimum Gasteiger partial charge on any atom is -0.466 e. The SMILES string of the molecule is CCCCCCCCCC(=O)OCCCCCCCN(CCCCO)CCCCCCC(C)(C)C(=O)OCCCCC(CCCC)CCCC. The number of hydrogen-bond donors (Lipinski definition) is 1. The van der Waals surface area contributed by atoms with Gasteiger partial charge in [-0.3, -0.25) is 9.59 Å². The third-order valence-corrected chi connectivity index (χ3v) is 10.5. The first-order chi connectivity index (χ1) is 24.3. The van der Waals surface area contributed by atoms with Crippen molar-refractivity contribution >= 4 is 11.9 Å². The van der Waals surface area contributed by atoms with Crippen LogP contribution in [0.15, 0.2) is 0 Å². The fourth-order valence-electron chi connectivity index (χ4n) is 6.91. The maximum atomic E-state index is 12.8. The summed E-state index contributed by atoms with van der Waals surface area (Å²) in [6.07, 6.45) is 33.6. The molecule has 0 aliphatic heterocycles. The fourth-order valence-corrected chi connectivity index (χ4v) is 6.91. The number of nitrogens with zero attached hydrogens (tertiary/aromatic N) is 1. The van der Waals surface area contributed by atoms with Gasteiger partial charge in [0.05, 0.1) is 18.6 Å². The summed E-state index contributed by atoms with van der Waals surface area (Å²) in [6.45, 7) is 15.6. The molecule has 0 aliphatic rings. The molecular formula is C44H87NO5. The van der Waals surface area contributed by atoms with Gasteiger partial charge in [-0.25, -0.2) is 0 Å². The lowest BCUT2D eigenvalue weighted by Gasteiger charge is -2.23. The number of aliphatic hydroxyl groups is 1. The Bertz CT molecular complexity index is 734. The first kappa shape index (κ1) is 48.9. The lowest BCUT2D eigenvalue weighted by atomic mass is 9.87. The third kappa shape index (κ3) is 31.6. The second-order valence-electron chi connectivity index (χ2n) is 16.0. The van der Waals surface area contributed by atoms with E-state index in [0.29, 0.717) is 19.6 Å². The maximum Gasteiger partial charge on any atom is 0.311 e. The molecule has 0 heterocycles. The molecule has 50 heavy (non-hydrogen) atoms. The van der Waals surface area contributed by atoms with Crippen molar-refractivity contribution in [1.82, 2.24) is 4.90 Å². The number of ether oxygens (including phenoxy) is 2. The monoisotopic (exact) mass is 710 g/mol. The molecule has 1 N–H and O–H groups in total. The molecule has 0 saturated heterocycles. The number of carbonyl (C=O) groups is 2. The largest absolute Gasteiger partial charge is 0.466 e. The van der Waals surface area contributed by atoms with Crippen LogP contribution in [0.4, 0.5) is 0 Å². The van der Waals surface area contributed by atoms with Gasteiger partial charge >= 0.3 is 11.9 Å². The maximum absolute atomic E-state index is 12.8. The van der Waals surface area contributed by atoms with E-state index < -0.39 is 5.41 Å². The molecule has 0 atom stereocenters. The first-order valence-corrected chi connectivity index (χ1v) is 22.0. The lowest BCUT2D eigenvalue weighted by molar-refractivity contribution is -0.154. The van der Waals surface area contributed by atoms with E-state index in [2.05, 4.69) is 25.7 Å². The van der Waals surface area contributed by atoms with E-state index in [0.717, 1.165) is 89.8 Å². The normalized spacial score (nSPS) is 11.9. The minimum absolute atomic E-state index is 0.0203. The average Bonchev–Trinajstić information content (AvgIpc) is 3.10. The molecule has 0 bridgehead atoms. The summed E-state index contributed by atoms with van der Waals surface area (Å²) in [7, 11) is 0. The number of aliphatic hydroxyl groups excluding tert-OH is 1. The second-order valence-corrected chi connectivity index (χ2v) is 16.0. The molecular weight excluding hydrogens is 622 g/mol. The van der Waals surface area contributed by atoms with Gasteiger partial charge in [0.15, 0.2) is 0 Å². The van der Waals surface area contributed by atoms with Gasteiger partial charge in [0, 0.05) is 13.0 Å². The summed E-state index contributed by atoms with van der Waals surface area (Å²) in [5.74, 6) is 0.799. The molecule has 6 heteroatoms. The van der Waals surface area contributed by atoms with Gasteiger partial charge in [-0.1, -0.05) is 143 Å². The van der Waals surface area contributed by atoms with Gasteiger partial charge in [0.1, 0.15) is 0 Å². The van der Waals surface area contributed by atoms with Crippen LogP contribution >= 0.6 is 0 Å². The molecule has 0 aromatic rings. The molecule has 0 radical (unpaired) electrons. The van der Waals surface area contributed by atoms with Crippen LogP contribution < -0.4 is 0 Å². The second kappa shape index (κ2) is 36.2. The smallest absolute Gasteiger partial charge is 0.311 e. The molecule has 0 fully saturated rings. The Hall–Kier alpha value is -1.14.